The first kappa shape index (κ1) is 16.5. The lowest BCUT2D eigenvalue weighted by atomic mass is 10.1. The van der Waals surface area contributed by atoms with E-state index in [4.69, 9.17) is 4.74 Å². The molecular formula is C20H14N4O3. The third-order valence-corrected chi connectivity index (χ3v) is 4.35. The standard InChI is InChI=1S/C20H14N4O3/c21-10-16-13(11-24-8-4-3-7-18(16)24)12-27-19(25)9-17-14-5-1-2-6-15(14)20(26)23-22-17/h1-8,11H,9,12H2,(H,23,26). The summed E-state index contributed by atoms with van der Waals surface area (Å²) in [4.78, 5) is 24.1. The molecule has 0 aliphatic rings. The average molecular weight is 358 g/mol. The highest BCUT2D eigenvalue weighted by Crippen LogP contribution is 2.19. The van der Waals surface area contributed by atoms with Crippen molar-refractivity contribution in [3.05, 3.63) is 82.0 Å². The number of aromatic amines is 1. The molecule has 0 aliphatic carbocycles. The van der Waals surface area contributed by atoms with Crippen molar-refractivity contribution in [2.24, 2.45) is 0 Å². The van der Waals surface area contributed by atoms with E-state index in [1.165, 1.54) is 0 Å². The van der Waals surface area contributed by atoms with E-state index >= 15 is 0 Å². The number of rotatable bonds is 4. The van der Waals surface area contributed by atoms with E-state index in [1.54, 1.807) is 30.5 Å². The zero-order valence-electron chi connectivity index (χ0n) is 14.2. The molecule has 0 radical (unpaired) electrons. The monoisotopic (exact) mass is 358 g/mol. The van der Waals surface area contributed by atoms with Gasteiger partial charge in [-0.1, -0.05) is 24.3 Å². The zero-order chi connectivity index (χ0) is 18.8. The Labute approximate surface area is 153 Å². The van der Waals surface area contributed by atoms with Gasteiger partial charge in [-0.05, 0) is 18.2 Å². The van der Waals surface area contributed by atoms with Gasteiger partial charge in [-0.3, -0.25) is 9.59 Å². The van der Waals surface area contributed by atoms with Crippen LogP contribution in [0.1, 0.15) is 16.8 Å². The number of hydrogen-bond donors (Lipinski definition) is 1. The number of fused-ring (bicyclic) bond motifs is 2. The van der Waals surface area contributed by atoms with Crippen LogP contribution in [0.15, 0.2) is 59.7 Å². The summed E-state index contributed by atoms with van der Waals surface area (Å²) >= 11 is 0. The highest BCUT2D eigenvalue weighted by atomic mass is 16.5. The molecule has 3 aromatic heterocycles. The number of benzene rings is 1. The predicted molar refractivity (Wildman–Crippen MR) is 98.0 cm³/mol. The third kappa shape index (κ3) is 3.04. The third-order valence-electron chi connectivity index (χ3n) is 4.35. The quantitative estimate of drug-likeness (QED) is 0.564. The topological polar surface area (TPSA) is 100 Å². The minimum Gasteiger partial charge on any atom is -0.460 e. The summed E-state index contributed by atoms with van der Waals surface area (Å²) in [7, 11) is 0. The maximum absolute atomic E-state index is 12.3. The van der Waals surface area contributed by atoms with E-state index in [0.29, 0.717) is 27.6 Å². The number of H-pyrrole nitrogens is 1. The molecule has 4 rings (SSSR count). The molecule has 0 spiro atoms. The number of nitriles is 1. The van der Waals surface area contributed by atoms with E-state index in [2.05, 4.69) is 16.3 Å². The second-order valence-corrected chi connectivity index (χ2v) is 6.02. The smallest absolute Gasteiger partial charge is 0.312 e. The fraction of sp³-hybridized carbons (Fsp3) is 0.100. The van der Waals surface area contributed by atoms with Crippen LogP contribution in [0.4, 0.5) is 0 Å². The number of nitrogens with zero attached hydrogens (tertiary/aromatic N) is 3. The Balaban J connectivity index is 1.54. The summed E-state index contributed by atoms with van der Waals surface area (Å²) < 4.78 is 7.17. The van der Waals surface area contributed by atoms with Crippen molar-refractivity contribution in [2.45, 2.75) is 13.0 Å². The maximum Gasteiger partial charge on any atom is 0.312 e. The van der Waals surface area contributed by atoms with Gasteiger partial charge in [-0.2, -0.15) is 10.4 Å². The van der Waals surface area contributed by atoms with Crippen molar-refractivity contribution in [2.75, 3.05) is 0 Å². The zero-order valence-corrected chi connectivity index (χ0v) is 14.2. The van der Waals surface area contributed by atoms with Crippen molar-refractivity contribution in [1.82, 2.24) is 14.6 Å². The molecule has 0 fully saturated rings. The molecule has 0 bridgehead atoms. The molecule has 0 atom stereocenters. The molecule has 1 N–H and O–H groups in total. The van der Waals surface area contributed by atoms with Gasteiger partial charge < -0.3 is 9.14 Å². The van der Waals surface area contributed by atoms with Crippen LogP contribution >= 0.6 is 0 Å². The first-order chi connectivity index (χ1) is 13.2. The number of carbonyl (C=O) groups is 1. The van der Waals surface area contributed by atoms with Crippen LogP contribution in [0.3, 0.4) is 0 Å². The van der Waals surface area contributed by atoms with Crippen LogP contribution in [-0.4, -0.2) is 20.6 Å². The fourth-order valence-corrected chi connectivity index (χ4v) is 3.07. The number of pyridine rings is 1. The van der Waals surface area contributed by atoms with Crippen molar-refractivity contribution in [3.8, 4) is 6.07 Å². The summed E-state index contributed by atoms with van der Waals surface area (Å²) in [6.45, 7) is -0.00923. The summed E-state index contributed by atoms with van der Waals surface area (Å²) in [6.07, 6.45) is 3.53. The van der Waals surface area contributed by atoms with Crippen LogP contribution in [0.2, 0.25) is 0 Å². The van der Waals surface area contributed by atoms with Crippen molar-refractivity contribution < 1.29 is 9.53 Å². The number of hydrogen-bond acceptors (Lipinski definition) is 5. The highest BCUT2D eigenvalue weighted by molar-refractivity contribution is 5.86. The lowest BCUT2D eigenvalue weighted by Crippen LogP contribution is -2.15. The van der Waals surface area contributed by atoms with Crippen molar-refractivity contribution in [3.63, 3.8) is 0 Å². The minimum atomic E-state index is -0.487. The molecule has 132 valence electrons. The molecule has 0 saturated carbocycles. The van der Waals surface area contributed by atoms with E-state index in [-0.39, 0.29) is 18.6 Å². The van der Waals surface area contributed by atoms with Gasteiger partial charge in [0, 0.05) is 23.3 Å². The van der Waals surface area contributed by atoms with Crippen molar-refractivity contribution in [1.29, 1.82) is 5.26 Å². The Morgan fingerprint density at radius 2 is 1.96 bits per heavy atom. The summed E-state index contributed by atoms with van der Waals surface area (Å²) in [5.74, 6) is -0.487. The minimum absolute atomic E-state index is 0.00923. The highest BCUT2D eigenvalue weighted by Gasteiger charge is 2.15. The molecule has 4 aromatic rings. The predicted octanol–water partition coefficient (Wildman–Crippen LogP) is 2.33. The second-order valence-electron chi connectivity index (χ2n) is 6.02. The first-order valence-electron chi connectivity index (χ1n) is 8.28. The van der Waals surface area contributed by atoms with E-state index in [1.807, 2.05) is 28.8 Å². The van der Waals surface area contributed by atoms with Gasteiger partial charge in [0.15, 0.2) is 0 Å². The van der Waals surface area contributed by atoms with Crippen LogP contribution in [0, 0.1) is 11.3 Å². The van der Waals surface area contributed by atoms with Gasteiger partial charge in [-0.25, -0.2) is 5.10 Å². The van der Waals surface area contributed by atoms with E-state index in [0.717, 1.165) is 5.52 Å². The number of carbonyl (C=O) groups excluding carboxylic acids is 1. The maximum atomic E-state index is 12.3. The van der Waals surface area contributed by atoms with Crippen LogP contribution in [-0.2, 0) is 22.6 Å². The molecular weight excluding hydrogens is 344 g/mol. The largest absolute Gasteiger partial charge is 0.460 e. The summed E-state index contributed by atoms with van der Waals surface area (Å²) in [5.41, 5.74) is 2.02. The van der Waals surface area contributed by atoms with Crippen LogP contribution in [0.25, 0.3) is 16.3 Å². The van der Waals surface area contributed by atoms with Crippen molar-refractivity contribution >= 4 is 22.3 Å². The molecule has 1 aromatic carbocycles. The lowest BCUT2D eigenvalue weighted by molar-refractivity contribution is -0.144. The molecule has 27 heavy (non-hydrogen) atoms. The Hall–Kier alpha value is -3.92. The molecule has 7 nitrogen and oxygen atoms in total. The summed E-state index contributed by atoms with van der Waals surface area (Å²) in [6, 6.07) is 14.7. The van der Waals surface area contributed by atoms with Gasteiger partial charge in [0.2, 0.25) is 0 Å². The first-order valence-corrected chi connectivity index (χ1v) is 8.28. The molecule has 0 amide bonds. The Bertz CT molecular complexity index is 1260. The number of esters is 1. The Morgan fingerprint density at radius 3 is 2.78 bits per heavy atom. The van der Waals surface area contributed by atoms with Gasteiger partial charge >= 0.3 is 5.97 Å². The molecule has 3 heterocycles. The number of aromatic nitrogens is 3. The Kier molecular flexibility index (Phi) is 4.15. The molecule has 0 saturated heterocycles. The van der Waals surface area contributed by atoms with Gasteiger partial charge in [0.05, 0.1) is 28.6 Å². The average Bonchev–Trinajstić information content (AvgIpc) is 3.06. The normalized spacial score (nSPS) is 10.8. The van der Waals surface area contributed by atoms with E-state index in [9.17, 15) is 14.9 Å². The van der Waals surface area contributed by atoms with Gasteiger partial charge in [-0.15, -0.1) is 0 Å². The van der Waals surface area contributed by atoms with Gasteiger partial charge in [0.25, 0.3) is 5.56 Å². The lowest BCUT2D eigenvalue weighted by Gasteiger charge is -2.06. The van der Waals surface area contributed by atoms with E-state index < -0.39 is 5.97 Å². The Morgan fingerprint density at radius 1 is 1.19 bits per heavy atom. The van der Waals surface area contributed by atoms with Crippen LogP contribution in [0.5, 0.6) is 0 Å². The van der Waals surface area contributed by atoms with Gasteiger partial charge in [0.1, 0.15) is 12.7 Å². The SMILES string of the molecule is N#Cc1c(COC(=O)Cc2n[nH]c(=O)c3ccccc23)cn2ccccc12. The second kappa shape index (κ2) is 6.77. The molecule has 0 unspecified atom stereocenters. The molecule has 0 aliphatic heterocycles. The van der Waals surface area contributed by atoms with Crippen LogP contribution < -0.4 is 5.56 Å². The number of nitrogens with one attached hydrogen (secondary N) is 1. The molecule has 7 heteroatoms. The fourth-order valence-electron chi connectivity index (χ4n) is 3.07. The summed E-state index contributed by atoms with van der Waals surface area (Å²) in [5, 5.41) is 16.9. The number of ether oxygens (including phenoxy) is 1.